The Hall–Kier alpha value is -3.07. The van der Waals surface area contributed by atoms with E-state index in [0.29, 0.717) is 17.2 Å². The minimum Gasteiger partial charge on any atom is -0.482 e. The molecule has 1 aromatic carbocycles. The number of nitrogens with zero attached hydrogens (tertiary/aromatic N) is 3. The summed E-state index contributed by atoms with van der Waals surface area (Å²) < 4.78 is 7.62. The first kappa shape index (κ1) is 19.3. The zero-order chi connectivity index (χ0) is 19.1. The van der Waals surface area contributed by atoms with Gasteiger partial charge in [-0.25, -0.2) is 5.43 Å². The topological polar surface area (TPSA) is 79.4 Å². The van der Waals surface area contributed by atoms with Crippen LogP contribution >= 0.6 is 0 Å². The van der Waals surface area contributed by atoms with Crippen LogP contribution in [0.25, 0.3) is 0 Å². The van der Waals surface area contributed by atoms with E-state index in [1.54, 1.807) is 30.5 Å². The Morgan fingerprint density at radius 2 is 2.12 bits per heavy atom. The van der Waals surface area contributed by atoms with Crippen LogP contribution in [0.4, 0.5) is 0 Å². The largest absolute Gasteiger partial charge is 0.482 e. The average molecular weight is 352 g/mol. The second kappa shape index (κ2) is 8.86. The van der Waals surface area contributed by atoms with Crippen LogP contribution in [-0.4, -0.2) is 23.3 Å². The van der Waals surface area contributed by atoms with E-state index in [2.05, 4.69) is 35.9 Å². The van der Waals surface area contributed by atoms with Gasteiger partial charge in [-0.1, -0.05) is 26.0 Å². The fourth-order valence-electron chi connectivity index (χ4n) is 2.64. The Bertz CT molecular complexity index is 844. The van der Waals surface area contributed by atoms with Crippen molar-refractivity contribution in [3.8, 4) is 11.8 Å². The van der Waals surface area contributed by atoms with Gasteiger partial charge in [0, 0.05) is 23.5 Å². The van der Waals surface area contributed by atoms with Crippen LogP contribution in [0.5, 0.6) is 5.75 Å². The lowest BCUT2D eigenvalue weighted by molar-refractivity contribution is -0.123. The molecule has 0 spiro atoms. The monoisotopic (exact) mass is 352 g/mol. The maximum Gasteiger partial charge on any atom is 0.277 e. The van der Waals surface area contributed by atoms with Crippen LogP contribution < -0.4 is 10.2 Å². The number of rotatable bonds is 7. The lowest BCUT2D eigenvalue weighted by Crippen LogP contribution is -2.24. The first-order valence-electron chi connectivity index (χ1n) is 8.53. The maximum atomic E-state index is 11.9. The number of carbonyl (C=O) groups is 1. The van der Waals surface area contributed by atoms with Crippen molar-refractivity contribution < 1.29 is 9.53 Å². The molecule has 1 N–H and O–H groups in total. The van der Waals surface area contributed by atoms with Gasteiger partial charge in [0.2, 0.25) is 0 Å². The van der Waals surface area contributed by atoms with Crippen molar-refractivity contribution in [3.05, 3.63) is 52.8 Å². The third-order valence-electron chi connectivity index (χ3n) is 3.92. The molecule has 1 aromatic heterocycles. The van der Waals surface area contributed by atoms with Crippen LogP contribution in [-0.2, 0) is 11.3 Å². The second-order valence-corrected chi connectivity index (χ2v) is 6.52. The molecule has 0 unspecified atom stereocenters. The predicted octanol–water partition coefficient (Wildman–Crippen LogP) is 3.16. The fourth-order valence-corrected chi connectivity index (χ4v) is 2.64. The summed E-state index contributed by atoms with van der Waals surface area (Å²) in [6.07, 6.45) is 1.64. The molecule has 0 saturated heterocycles. The van der Waals surface area contributed by atoms with E-state index in [0.717, 1.165) is 17.8 Å². The van der Waals surface area contributed by atoms with E-state index in [1.807, 2.05) is 19.1 Å². The molecule has 6 nitrogen and oxygen atoms in total. The summed E-state index contributed by atoms with van der Waals surface area (Å²) in [7, 11) is 0. The van der Waals surface area contributed by atoms with E-state index in [4.69, 9.17) is 10.00 Å². The van der Waals surface area contributed by atoms with Gasteiger partial charge < -0.3 is 9.30 Å². The molecule has 0 saturated carbocycles. The molecule has 0 fully saturated rings. The lowest BCUT2D eigenvalue weighted by Gasteiger charge is -2.11. The molecule has 0 aliphatic carbocycles. The zero-order valence-corrected chi connectivity index (χ0v) is 15.6. The summed E-state index contributed by atoms with van der Waals surface area (Å²) in [6, 6.07) is 10.9. The SMILES string of the molecule is Cc1cc(/C=N\NC(=O)COc2ccccc2C#N)c(C)n1CC(C)C. The number of nitrogens with one attached hydrogen (secondary N) is 1. The average Bonchev–Trinajstić information content (AvgIpc) is 2.87. The molecule has 2 aromatic rings. The Kier molecular flexibility index (Phi) is 6.56. The highest BCUT2D eigenvalue weighted by atomic mass is 16.5. The highest BCUT2D eigenvalue weighted by Crippen LogP contribution is 2.16. The fraction of sp³-hybridized carbons (Fsp3) is 0.350. The van der Waals surface area contributed by atoms with Crippen LogP contribution in [0.3, 0.4) is 0 Å². The molecular formula is C20H24N4O2. The molecule has 0 atom stereocenters. The van der Waals surface area contributed by atoms with E-state index < -0.39 is 0 Å². The van der Waals surface area contributed by atoms with Crippen molar-refractivity contribution in [2.75, 3.05) is 6.61 Å². The number of hydrazone groups is 1. The number of nitriles is 1. The van der Waals surface area contributed by atoms with E-state index in [1.165, 1.54) is 5.69 Å². The number of carbonyl (C=O) groups excluding carboxylic acids is 1. The summed E-state index contributed by atoms with van der Waals surface area (Å²) >= 11 is 0. The number of aryl methyl sites for hydroxylation is 1. The summed E-state index contributed by atoms with van der Waals surface area (Å²) in [5.74, 6) is 0.550. The number of amides is 1. The summed E-state index contributed by atoms with van der Waals surface area (Å²) in [6.45, 7) is 9.20. The number of para-hydroxylation sites is 1. The molecule has 6 heteroatoms. The van der Waals surface area contributed by atoms with Crippen molar-refractivity contribution in [2.24, 2.45) is 11.0 Å². The van der Waals surface area contributed by atoms with Crippen molar-refractivity contribution >= 4 is 12.1 Å². The lowest BCUT2D eigenvalue weighted by atomic mass is 10.2. The van der Waals surface area contributed by atoms with Crippen molar-refractivity contribution in [1.29, 1.82) is 5.26 Å². The molecule has 0 radical (unpaired) electrons. The Morgan fingerprint density at radius 3 is 2.81 bits per heavy atom. The Balaban J connectivity index is 1.92. The number of hydrogen-bond donors (Lipinski definition) is 1. The van der Waals surface area contributed by atoms with Gasteiger partial charge in [0.1, 0.15) is 11.8 Å². The normalized spacial score (nSPS) is 10.9. The van der Waals surface area contributed by atoms with Crippen molar-refractivity contribution in [1.82, 2.24) is 9.99 Å². The third-order valence-corrected chi connectivity index (χ3v) is 3.92. The Labute approximate surface area is 154 Å². The van der Waals surface area contributed by atoms with Gasteiger partial charge >= 0.3 is 0 Å². The summed E-state index contributed by atoms with van der Waals surface area (Å²) in [4.78, 5) is 11.9. The molecule has 136 valence electrons. The van der Waals surface area contributed by atoms with Gasteiger partial charge in [0.15, 0.2) is 6.61 Å². The highest BCUT2D eigenvalue weighted by Gasteiger charge is 2.09. The van der Waals surface area contributed by atoms with Crippen molar-refractivity contribution in [3.63, 3.8) is 0 Å². The molecular weight excluding hydrogens is 328 g/mol. The van der Waals surface area contributed by atoms with Gasteiger partial charge in [0.05, 0.1) is 11.8 Å². The maximum absolute atomic E-state index is 11.9. The van der Waals surface area contributed by atoms with Crippen LogP contribution in [0.2, 0.25) is 0 Å². The van der Waals surface area contributed by atoms with E-state index in [-0.39, 0.29) is 12.5 Å². The van der Waals surface area contributed by atoms with Gasteiger partial charge in [-0.05, 0) is 38.0 Å². The quantitative estimate of drug-likeness (QED) is 0.614. The molecule has 26 heavy (non-hydrogen) atoms. The van der Waals surface area contributed by atoms with Gasteiger partial charge in [-0.2, -0.15) is 10.4 Å². The molecule has 0 aliphatic rings. The standard InChI is InChI=1S/C20H24N4O2/c1-14(2)12-24-15(3)9-18(16(24)4)11-22-23-20(25)13-26-19-8-6-5-7-17(19)10-21/h5-9,11,14H,12-13H2,1-4H3,(H,23,25)/b22-11-. The van der Waals surface area contributed by atoms with Gasteiger partial charge in [0.25, 0.3) is 5.91 Å². The van der Waals surface area contributed by atoms with Gasteiger partial charge in [-0.3, -0.25) is 4.79 Å². The minimum absolute atomic E-state index is 0.206. The smallest absolute Gasteiger partial charge is 0.277 e. The zero-order valence-electron chi connectivity index (χ0n) is 15.6. The summed E-state index contributed by atoms with van der Waals surface area (Å²) in [5, 5.41) is 13.0. The van der Waals surface area contributed by atoms with E-state index in [9.17, 15) is 4.79 Å². The van der Waals surface area contributed by atoms with Crippen LogP contribution in [0, 0.1) is 31.1 Å². The predicted molar refractivity (Wildman–Crippen MR) is 101 cm³/mol. The van der Waals surface area contributed by atoms with Crippen molar-refractivity contribution in [2.45, 2.75) is 34.2 Å². The Morgan fingerprint density at radius 1 is 1.38 bits per heavy atom. The molecule has 0 aliphatic heterocycles. The van der Waals surface area contributed by atoms with Gasteiger partial charge in [-0.15, -0.1) is 0 Å². The molecule has 1 heterocycles. The highest BCUT2D eigenvalue weighted by molar-refractivity contribution is 5.84. The summed E-state index contributed by atoms with van der Waals surface area (Å²) in [5.41, 5.74) is 6.10. The first-order valence-corrected chi connectivity index (χ1v) is 8.53. The minimum atomic E-state index is -0.384. The number of aromatic nitrogens is 1. The van der Waals surface area contributed by atoms with Crippen LogP contribution in [0.1, 0.15) is 36.4 Å². The number of ether oxygens (including phenoxy) is 1. The molecule has 1 amide bonds. The van der Waals surface area contributed by atoms with Crippen LogP contribution in [0.15, 0.2) is 35.4 Å². The number of benzene rings is 1. The molecule has 0 bridgehead atoms. The third kappa shape index (κ3) is 4.96. The second-order valence-electron chi connectivity index (χ2n) is 6.52. The first-order chi connectivity index (χ1) is 12.4. The molecule has 2 rings (SSSR count). The van der Waals surface area contributed by atoms with E-state index >= 15 is 0 Å². The number of hydrogen-bond acceptors (Lipinski definition) is 4.